The first-order valence-electron chi connectivity index (χ1n) is 9.73. The van der Waals surface area contributed by atoms with Gasteiger partial charge in [0.25, 0.3) is 0 Å². The minimum atomic E-state index is -0.627. The van der Waals surface area contributed by atoms with Crippen LogP contribution in [0.3, 0.4) is 0 Å². The van der Waals surface area contributed by atoms with Gasteiger partial charge in [0.1, 0.15) is 0 Å². The zero-order valence-corrected chi connectivity index (χ0v) is 18.4. The highest BCUT2D eigenvalue weighted by atomic mass is 32.2. The van der Waals surface area contributed by atoms with Gasteiger partial charge in [0.2, 0.25) is 0 Å². The molecule has 1 aliphatic rings. The van der Waals surface area contributed by atoms with Crippen LogP contribution in [-0.2, 0) is 21.0 Å². The highest BCUT2D eigenvalue weighted by Gasteiger charge is 2.38. The quantitative estimate of drug-likeness (QED) is 0.190. The summed E-state index contributed by atoms with van der Waals surface area (Å²) in [5, 5.41) is 4.07. The Labute approximate surface area is 181 Å². The van der Waals surface area contributed by atoms with E-state index in [4.69, 9.17) is 15.0 Å². The molecule has 3 rings (SSSR count). The summed E-state index contributed by atoms with van der Waals surface area (Å²) in [4.78, 5) is 3.09. The van der Waals surface area contributed by atoms with Crippen molar-refractivity contribution in [1.82, 2.24) is 0 Å². The zero-order valence-electron chi connectivity index (χ0n) is 16.8. The molecule has 5 nitrogen and oxygen atoms in total. The van der Waals surface area contributed by atoms with E-state index in [1.807, 2.05) is 49.5 Å². The Hall–Kier alpha value is -1.63. The lowest BCUT2D eigenvalue weighted by atomic mass is 10.1. The minimum Gasteiger partial charge on any atom is -0.348 e. The lowest BCUT2D eigenvalue weighted by molar-refractivity contribution is -0.140. The molecule has 2 aromatic carbocycles. The van der Waals surface area contributed by atoms with Crippen molar-refractivity contribution in [2.75, 3.05) is 6.61 Å². The molecule has 0 N–H and O–H groups in total. The number of ether oxygens (including phenoxy) is 2. The summed E-state index contributed by atoms with van der Waals surface area (Å²) in [6.07, 6.45) is 0.529. The molecule has 0 saturated carbocycles. The highest BCUT2D eigenvalue weighted by molar-refractivity contribution is 8.16. The number of benzene rings is 2. The monoisotopic (exact) mass is 429 g/mol. The van der Waals surface area contributed by atoms with Gasteiger partial charge in [-0.15, -0.1) is 23.5 Å². The molecule has 0 bridgehead atoms. The van der Waals surface area contributed by atoms with Gasteiger partial charge in [0.05, 0.1) is 23.3 Å². The first-order valence-corrected chi connectivity index (χ1v) is 11.8. The second-order valence-corrected chi connectivity index (χ2v) is 10.1. The number of nitrogens with zero attached hydrogens (tertiary/aromatic N) is 3. The molecule has 1 heterocycles. The Balaban J connectivity index is 1.66. The van der Waals surface area contributed by atoms with E-state index in [0.717, 1.165) is 17.9 Å². The van der Waals surface area contributed by atoms with Crippen molar-refractivity contribution >= 4 is 23.5 Å². The van der Waals surface area contributed by atoms with Gasteiger partial charge in [-0.3, -0.25) is 0 Å². The summed E-state index contributed by atoms with van der Waals surface area (Å²) in [6, 6.07) is 20.7. The molecule has 0 aliphatic carbocycles. The SMILES string of the molecule is CC1(C)OC[C@@H]([C@H](CC(SCc2ccccc2)SCc2ccccc2)N=[N+]=[N-])O1. The maximum Gasteiger partial charge on any atom is 0.163 e. The van der Waals surface area contributed by atoms with Crippen molar-refractivity contribution in [1.29, 1.82) is 0 Å². The summed E-state index contributed by atoms with van der Waals surface area (Å²) < 4.78 is 12.0. The summed E-state index contributed by atoms with van der Waals surface area (Å²) in [5.74, 6) is 1.21. The largest absolute Gasteiger partial charge is 0.348 e. The lowest BCUT2D eigenvalue weighted by Crippen LogP contribution is -2.31. The minimum absolute atomic E-state index is 0.210. The second-order valence-electron chi connectivity index (χ2n) is 7.40. The Morgan fingerprint density at radius 1 is 1.03 bits per heavy atom. The molecule has 0 aromatic heterocycles. The molecule has 2 atom stereocenters. The first-order chi connectivity index (χ1) is 14.1. The van der Waals surface area contributed by atoms with Crippen LogP contribution in [0.2, 0.25) is 0 Å². The molecule has 0 amide bonds. The molecule has 2 aromatic rings. The van der Waals surface area contributed by atoms with Gasteiger partial charge in [-0.1, -0.05) is 65.8 Å². The molecule has 29 heavy (non-hydrogen) atoms. The molecular weight excluding hydrogens is 402 g/mol. The predicted octanol–water partition coefficient (Wildman–Crippen LogP) is 6.40. The van der Waals surface area contributed by atoms with E-state index in [0.29, 0.717) is 6.61 Å². The molecule has 154 valence electrons. The van der Waals surface area contributed by atoms with Crippen LogP contribution in [0.1, 0.15) is 31.4 Å². The van der Waals surface area contributed by atoms with Crippen LogP contribution in [0.15, 0.2) is 65.8 Å². The average molecular weight is 430 g/mol. The number of azide groups is 1. The van der Waals surface area contributed by atoms with Crippen LogP contribution < -0.4 is 0 Å². The van der Waals surface area contributed by atoms with Crippen molar-refractivity contribution in [3.8, 4) is 0 Å². The van der Waals surface area contributed by atoms with Gasteiger partial charge in [0, 0.05) is 16.4 Å². The van der Waals surface area contributed by atoms with Crippen LogP contribution in [0.4, 0.5) is 0 Å². The molecule has 7 heteroatoms. The fraction of sp³-hybridized carbons (Fsp3) is 0.455. The van der Waals surface area contributed by atoms with Gasteiger partial charge >= 0.3 is 0 Å². The molecule has 0 spiro atoms. The summed E-state index contributed by atoms with van der Waals surface area (Å²) >= 11 is 3.78. The van der Waals surface area contributed by atoms with E-state index in [2.05, 4.69) is 58.6 Å². The average Bonchev–Trinajstić information content (AvgIpc) is 3.10. The van der Waals surface area contributed by atoms with Crippen LogP contribution in [-0.4, -0.2) is 29.1 Å². The van der Waals surface area contributed by atoms with Gasteiger partial charge in [0.15, 0.2) is 5.79 Å². The number of hydrogen-bond donors (Lipinski definition) is 0. The van der Waals surface area contributed by atoms with E-state index < -0.39 is 5.79 Å². The van der Waals surface area contributed by atoms with E-state index in [-0.39, 0.29) is 16.7 Å². The van der Waals surface area contributed by atoms with Gasteiger partial charge in [-0.25, -0.2) is 0 Å². The van der Waals surface area contributed by atoms with Crippen LogP contribution >= 0.6 is 23.5 Å². The van der Waals surface area contributed by atoms with Crippen molar-refractivity contribution in [2.24, 2.45) is 5.11 Å². The third kappa shape index (κ3) is 7.28. The maximum atomic E-state index is 9.10. The van der Waals surface area contributed by atoms with Crippen molar-refractivity contribution in [3.63, 3.8) is 0 Å². The van der Waals surface area contributed by atoms with Crippen LogP contribution in [0, 0.1) is 0 Å². The second kappa shape index (κ2) is 11.0. The van der Waals surface area contributed by atoms with Gasteiger partial charge in [-0.05, 0) is 36.9 Å². The maximum absolute atomic E-state index is 9.10. The third-order valence-corrected chi connectivity index (χ3v) is 7.60. The number of hydrogen-bond acceptors (Lipinski definition) is 5. The van der Waals surface area contributed by atoms with Crippen molar-refractivity contribution in [2.45, 2.75) is 54.3 Å². The lowest BCUT2D eigenvalue weighted by Gasteiger charge is -2.24. The van der Waals surface area contributed by atoms with Crippen molar-refractivity contribution < 1.29 is 9.47 Å². The van der Waals surface area contributed by atoms with E-state index >= 15 is 0 Å². The Morgan fingerprint density at radius 2 is 1.59 bits per heavy atom. The zero-order chi connectivity index (χ0) is 20.5. The molecule has 1 saturated heterocycles. The Kier molecular flexibility index (Phi) is 8.33. The summed E-state index contributed by atoms with van der Waals surface area (Å²) in [6.45, 7) is 4.24. The normalized spacial score (nSPS) is 19.1. The fourth-order valence-corrected chi connectivity index (χ4v) is 5.75. The molecule has 0 radical (unpaired) electrons. The van der Waals surface area contributed by atoms with Crippen LogP contribution in [0.5, 0.6) is 0 Å². The van der Waals surface area contributed by atoms with Gasteiger partial charge < -0.3 is 9.47 Å². The Morgan fingerprint density at radius 3 is 2.03 bits per heavy atom. The van der Waals surface area contributed by atoms with Crippen LogP contribution in [0.25, 0.3) is 10.4 Å². The molecular formula is C22H27N3O2S2. The fourth-order valence-electron chi connectivity index (χ4n) is 3.15. The third-order valence-electron chi connectivity index (χ3n) is 4.65. The molecule has 1 fully saturated rings. The molecule has 0 unspecified atom stereocenters. The predicted molar refractivity (Wildman–Crippen MR) is 122 cm³/mol. The topological polar surface area (TPSA) is 67.2 Å². The summed E-state index contributed by atoms with van der Waals surface area (Å²) in [7, 11) is 0. The van der Waals surface area contributed by atoms with E-state index in [1.54, 1.807) is 0 Å². The first kappa shape index (κ1) is 22.1. The van der Waals surface area contributed by atoms with Gasteiger partial charge in [-0.2, -0.15) is 0 Å². The molecule has 1 aliphatic heterocycles. The van der Waals surface area contributed by atoms with E-state index in [9.17, 15) is 0 Å². The van der Waals surface area contributed by atoms with Crippen molar-refractivity contribution in [3.05, 3.63) is 82.2 Å². The standard InChI is InChI=1S/C22H27N3O2S2/c1-22(2)26-14-20(27-22)19(24-25-23)13-21(28-15-17-9-5-3-6-10-17)29-16-18-11-7-4-8-12-18/h3-12,19-21H,13-16H2,1-2H3/t19-,20-/m0/s1. The Bertz CT molecular complexity index is 755. The number of rotatable bonds is 10. The van der Waals surface area contributed by atoms with E-state index in [1.165, 1.54) is 11.1 Å². The number of thioether (sulfide) groups is 2. The summed E-state index contributed by atoms with van der Waals surface area (Å²) in [5.41, 5.74) is 11.7. The highest BCUT2D eigenvalue weighted by Crippen LogP contribution is 2.36. The smallest absolute Gasteiger partial charge is 0.163 e.